The van der Waals surface area contributed by atoms with E-state index in [4.69, 9.17) is 4.74 Å². The molecule has 1 amide bonds. The van der Waals surface area contributed by atoms with Gasteiger partial charge in [0, 0.05) is 5.92 Å². The minimum atomic E-state index is -4.37. The molecule has 0 aromatic heterocycles. The van der Waals surface area contributed by atoms with Gasteiger partial charge >= 0.3 is 12.1 Å². The van der Waals surface area contributed by atoms with Gasteiger partial charge in [0.1, 0.15) is 6.04 Å². The van der Waals surface area contributed by atoms with E-state index in [1.165, 1.54) is 19.2 Å². The Morgan fingerprint density at radius 2 is 1.84 bits per heavy atom. The van der Waals surface area contributed by atoms with Crippen LogP contribution in [-0.2, 0) is 20.5 Å². The second-order valence-electron chi connectivity index (χ2n) is 6.78. The molecule has 138 valence electrons. The lowest BCUT2D eigenvalue weighted by Gasteiger charge is -2.18. The van der Waals surface area contributed by atoms with Gasteiger partial charge in [0.05, 0.1) is 12.7 Å². The van der Waals surface area contributed by atoms with Crippen molar-refractivity contribution in [3.05, 3.63) is 35.4 Å². The summed E-state index contributed by atoms with van der Waals surface area (Å²) in [6.45, 7) is 3.87. The summed E-state index contributed by atoms with van der Waals surface area (Å²) in [6, 6.07) is 4.17. The average Bonchev–Trinajstić information content (AvgIpc) is 3.33. The molecule has 0 saturated heterocycles. The zero-order valence-corrected chi connectivity index (χ0v) is 14.4. The lowest BCUT2D eigenvalue weighted by molar-refractivity contribution is -0.145. The lowest BCUT2D eigenvalue weighted by Crippen LogP contribution is -2.43. The van der Waals surface area contributed by atoms with Crippen molar-refractivity contribution in [2.24, 2.45) is 11.8 Å². The van der Waals surface area contributed by atoms with Crippen molar-refractivity contribution < 1.29 is 27.5 Å². The zero-order valence-electron chi connectivity index (χ0n) is 14.4. The Hall–Kier alpha value is -2.05. The van der Waals surface area contributed by atoms with Gasteiger partial charge in [-0.25, -0.2) is 4.79 Å². The molecule has 0 aliphatic heterocycles. The average molecular weight is 357 g/mol. The number of rotatable bonds is 6. The van der Waals surface area contributed by atoms with E-state index < -0.39 is 23.8 Å². The second kappa shape index (κ2) is 7.45. The number of alkyl halides is 3. The SMILES string of the molecule is COC(=O)C(CC(C)C)NC(=O)C1CC1c1ccc(C(F)(F)F)cc1. The van der Waals surface area contributed by atoms with Crippen LogP contribution < -0.4 is 5.32 Å². The fraction of sp³-hybridized carbons (Fsp3) is 0.556. The Bertz CT molecular complexity index is 625. The Kier molecular flexibility index (Phi) is 5.75. The number of carbonyl (C=O) groups is 2. The Labute approximate surface area is 144 Å². The predicted octanol–water partition coefficient (Wildman–Crippen LogP) is 3.51. The number of hydrogen-bond acceptors (Lipinski definition) is 3. The van der Waals surface area contributed by atoms with E-state index in [-0.39, 0.29) is 23.7 Å². The lowest BCUT2D eigenvalue weighted by atomic mass is 10.0. The molecule has 0 heterocycles. The molecule has 1 fully saturated rings. The van der Waals surface area contributed by atoms with Gasteiger partial charge in [-0.3, -0.25) is 4.79 Å². The molecule has 0 bridgehead atoms. The molecule has 1 aromatic rings. The zero-order chi connectivity index (χ0) is 18.8. The Morgan fingerprint density at radius 1 is 1.24 bits per heavy atom. The van der Waals surface area contributed by atoms with E-state index in [0.29, 0.717) is 18.4 Å². The van der Waals surface area contributed by atoms with E-state index in [2.05, 4.69) is 5.32 Å². The first kappa shape index (κ1) is 19.3. The number of methoxy groups -OCH3 is 1. The number of benzene rings is 1. The van der Waals surface area contributed by atoms with Crippen LogP contribution in [0, 0.1) is 11.8 Å². The summed E-state index contributed by atoms with van der Waals surface area (Å²) in [5.41, 5.74) is -0.00721. The largest absolute Gasteiger partial charge is 0.467 e. The third-order valence-corrected chi connectivity index (χ3v) is 4.30. The summed E-state index contributed by atoms with van der Waals surface area (Å²) < 4.78 is 42.5. The number of halogens is 3. The number of hydrogen-bond donors (Lipinski definition) is 1. The number of ether oxygens (including phenoxy) is 1. The van der Waals surface area contributed by atoms with Crippen LogP contribution in [0.25, 0.3) is 0 Å². The van der Waals surface area contributed by atoms with E-state index >= 15 is 0 Å². The van der Waals surface area contributed by atoms with Crippen LogP contribution in [0.4, 0.5) is 13.2 Å². The molecule has 7 heteroatoms. The quantitative estimate of drug-likeness (QED) is 0.793. The van der Waals surface area contributed by atoms with Gasteiger partial charge in [0.25, 0.3) is 0 Å². The molecule has 1 aliphatic rings. The molecular formula is C18H22F3NO3. The van der Waals surface area contributed by atoms with Gasteiger partial charge in [-0.1, -0.05) is 26.0 Å². The molecule has 3 atom stereocenters. The third-order valence-electron chi connectivity index (χ3n) is 4.30. The summed E-state index contributed by atoms with van der Waals surface area (Å²) in [5.74, 6) is -0.986. The van der Waals surface area contributed by atoms with Crippen molar-refractivity contribution in [2.45, 2.75) is 44.8 Å². The normalized spacial score (nSPS) is 20.9. The molecule has 1 saturated carbocycles. The fourth-order valence-corrected chi connectivity index (χ4v) is 2.88. The maximum absolute atomic E-state index is 12.6. The molecule has 0 spiro atoms. The van der Waals surface area contributed by atoms with Gasteiger partial charge in [-0.15, -0.1) is 0 Å². The van der Waals surface area contributed by atoms with Crippen molar-refractivity contribution in [1.29, 1.82) is 0 Å². The first-order chi connectivity index (χ1) is 11.6. The van der Waals surface area contributed by atoms with Crippen molar-refractivity contribution in [1.82, 2.24) is 5.32 Å². The highest BCUT2D eigenvalue weighted by atomic mass is 19.4. The molecule has 1 aliphatic carbocycles. The monoisotopic (exact) mass is 357 g/mol. The minimum Gasteiger partial charge on any atom is -0.467 e. The van der Waals surface area contributed by atoms with Crippen LogP contribution >= 0.6 is 0 Å². The maximum Gasteiger partial charge on any atom is 0.416 e. The van der Waals surface area contributed by atoms with E-state index in [0.717, 1.165) is 12.1 Å². The standard InChI is InChI=1S/C18H22F3NO3/c1-10(2)8-15(17(24)25-3)22-16(23)14-9-13(14)11-4-6-12(7-5-11)18(19,20)21/h4-7,10,13-15H,8-9H2,1-3H3,(H,22,23). The molecule has 0 radical (unpaired) electrons. The predicted molar refractivity (Wildman–Crippen MR) is 85.7 cm³/mol. The van der Waals surface area contributed by atoms with Gasteiger partial charge in [-0.2, -0.15) is 13.2 Å². The summed E-state index contributed by atoms with van der Waals surface area (Å²) in [6.07, 6.45) is -3.34. The summed E-state index contributed by atoms with van der Waals surface area (Å²) >= 11 is 0. The molecule has 1 N–H and O–H groups in total. The molecular weight excluding hydrogens is 335 g/mol. The van der Waals surface area contributed by atoms with Crippen LogP contribution in [0.2, 0.25) is 0 Å². The van der Waals surface area contributed by atoms with Gasteiger partial charge in [-0.05, 0) is 42.4 Å². The molecule has 4 nitrogen and oxygen atoms in total. The summed E-state index contributed by atoms with van der Waals surface area (Å²) in [5, 5.41) is 2.70. The van der Waals surface area contributed by atoms with Crippen LogP contribution in [0.1, 0.15) is 43.7 Å². The van der Waals surface area contributed by atoms with E-state index in [1.54, 1.807) is 0 Å². The Balaban J connectivity index is 1.97. The van der Waals surface area contributed by atoms with Crippen LogP contribution in [0.5, 0.6) is 0 Å². The smallest absolute Gasteiger partial charge is 0.416 e. The van der Waals surface area contributed by atoms with Crippen LogP contribution in [0.3, 0.4) is 0 Å². The first-order valence-corrected chi connectivity index (χ1v) is 8.18. The Morgan fingerprint density at radius 3 is 2.32 bits per heavy atom. The van der Waals surface area contributed by atoms with Crippen LogP contribution in [0.15, 0.2) is 24.3 Å². The van der Waals surface area contributed by atoms with Crippen molar-refractivity contribution in [2.75, 3.05) is 7.11 Å². The molecule has 3 unspecified atom stereocenters. The van der Waals surface area contributed by atoms with Gasteiger partial charge in [0.15, 0.2) is 0 Å². The molecule has 1 aromatic carbocycles. The highest BCUT2D eigenvalue weighted by molar-refractivity contribution is 5.88. The van der Waals surface area contributed by atoms with Gasteiger partial charge in [0.2, 0.25) is 5.91 Å². The van der Waals surface area contributed by atoms with Gasteiger partial charge < -0.3 is 10.1 Å². The highest BCUT2D eigenvalue weighted by Gasteiger charge is 2.45. The maximum atomic E-state index is 12.6. The number of amides is 1. The first-order valence-electron chi connectivity index (χ1n) is 8.18. The topological polar surface area (TPSA) is 55.4 Å². The third kappa shape index (κ3) is 4.96. The number of nitrogens with one attached hydrogen (secondary N) is 1. The second-order valence-corrected chi connectivity index (χ2v) is 6.78. The number of esters is 1. The molecule has 2 rings (SSSR count). The minimum absolute atomic E-state index is 0.111. The van der Waals surface area contributed by atoms with Crippen LogP contribution in [-0.4, -0.2) is 25.0 Å². The summed E-state index contributed by atoms with van der Waals surface area (Å²) in [4.78, 5) is 24.1. The molecule has 25 heavy (non-hydrogen) atoms. The van der Waals surface area contributed by atoms with Crippen molar-refractivity contribution in [3.63, 3.8) is 0 Å². The summed E-state index contributed by atoms with van der Waals surface area (Å²) in [7, 11) is 1.27. The van der Waals surface area contributed by atoms with Crippen molar-refractivity contribution in [3.8, 4) is 0 Å². The highest BCUT2D eigenvalue weighted by Crippen LogP contribution is 2.48. The fourth-order valence-electron chi connectivity index (χ4n) is 2.88. The van der Waals surface area contributed by atoms with E-state index in [9.17, 15) is 22.8 Å². The van der Waals surface area contributed by atoms with Crippen molar-refractivity contribution >= 4 is 11.9 Å². The van der Waals surface area contributed by atoms with E-state index in [1.807, 2.05) is 13.8 Å². The number of carbonyl (C=O) groups excluding carboxylic acids is 2.